The van der Waals surface area contributed by atoms with E-state index in [0.717, 1.165) is 11.1 Å². The Morgan fingerprint density at radius 3 is 2.15 bits per heavy atom. The molecule has 0 heterocycles. The normalized spacial score (nSPS) is 8.62. The van der Waals surface area contributed by atoms with Crippen LogP contribution in [0.2, 0.25) is 0 Å². The summed E-state index contributed by atoms with van der Waals surface area (Å²) in [5.41, 5.74) is 2.29. The summed E-state index contributed by atoms with van der Waals surface area (Å²) in [7, 11) is 0. The summed E-state index contributed by atoms with van der Waals surface area (Å²) < 4.78 is 0. The van der Waals surface area contributed by atoms with Crippen LogP contribution in [0.15, 0.2) is 18.2 Å². The van der Waals surface area contributed by atoms with Crippen molar-refractivity contribution in [3.05, 3.63) is 34.9 Å². The quantitative estimate of drug-likeness (QED) is 0.721. The largest absolute Gasteiger partial charge is 0.478 e. The molecule has 1 aromatic carbocycles. The molecule has 72 valence electrons. The number of carboxylic acids is 1. The Hall–Kier alpha value is -1.31. The Morgan fingerprint density at radius 1 is 1.23 bits per heavy atom. The maximum atomic E-state index is 10.5. The van der Waals surface area contributed by atoms with Gasteiger partial charge in [0, 0.05) is 0 Å². The fraction of sp³-hybridized carbons (Fsp3) is 0.364. The van der Waals surface area contributed by atoms with Gasteiger partial charge in [0.05, 0.1) is 5.56 Å². The van der Waals surface area contributed by atoms with Crippen LogP contribution in [-0.2, 0) is 0 Å². The predicted molar refractivity (Wildman–Crippen MR) is 54.2 cm³/mol. The van der Waals surface area contributed by atoms with E-state index in [4.69, 9.17) is 5.11 Å². The summed E-state index contributed by atoms with van der Waals surface area (Å²) in [6.45, 7) is 7.75. The fourth-order valence-electron chi connectivity index (χ4n) is 1.05. The topological polar surface area (TPSA) is 37.3 Å². The van der Waals surface area contributed by atoms with Crippen LogP contribution in [0.1, 0.15) is 35.3 Å². The molecule has 0 aromatic heterocycles. The van der Waals surface area contributed by atoms with E-state index in [-0.39, 0.29) is 0 Å². The zero-order chi connectivity index (χ0) is 10.4. The van der Waals surface area contributed by atoms with Crippen LogP contribution in [0, 0.1) is 13.8 Å². The number of aromatic carboxylic acids is 1. The van der Waals surface area contributed by atoms with Crippen molar-refractivity contribution >= 4 is 5.97 Å². The number of benzene rings is 1. The zero-order valence-electron chi connectivity index (χ0n) is 8.59. The highest BCUT2D eigenvalue weighted by Crippen LogP contribution is 2.09. The highest BCUT2D eigenvalue weighted by molar-refractivity contribution is 5.89. The minimum absolute atomic E-state index is 0.385. The number of carbonyl (C=O) groups is 1. The van der Waals surface area contributed by atoms with Crippen molar-refractivity contribution in [1.29, 1.82) is 0 Å². The lowest BCUT2D eigenvalue weighted by atomic mass is 10.1. The second-order valence-corrected chi connectivity index (χ2v) is 2.62. The van der Waals surface area contributed by atoms with Crippen molar-refractivity contribution in [1.82, 2.24) is 0 Å². The van der Waals surface area contributed by atoms with Gasteiger partial charge in [-0.1, -0.05) is 31.5 Å². The Morgan fingerprint density at radius 2 is 1.77 bits per heavy atom. The van der Waals surface area contributed by atoms with Gasteiger partial charge in [-0.15, -0.1) is 0 Å². The lowest BCUT2D eigenvalue weighted by Crippen LogP contribution is -1.99. The first kappa shape index (κ1) is 11.7. The number of rotatable bonds is 1. The summed E-state index contributed by atoms with van der Waals surface area (Å²) in [6, 6.07) is 5.30. The van der Waals surface area contributed by atoms with Crippen LogP contribution in [0.25, 0.3) is 0 Å². The van der Waals surface area contributed by atoms with Gasteiger partial charge in [-0.2, -0.15) is 0 Å². The van der Waals surface area contributed by atoms with Crippen molar-refractivity contribution in [3.8, 4) is 0 Å². The minimum atomic E-state index is -0.859. The molecule has 0 aliphatic rings. The van der Waals surface area contributed by atoms with E-state index >= 15 is 0 Å². The van der Waals surface area contributed by atoms with Gasteiger partial charge in [-0.3, -0.25) is 0 Å². The van der Waals surface area contributed by atoms with E-state index in [9.17, 15) is 4.79 Å². The summed E-state index contributed by atoms with van der Waals surface area (Å²) >= 11 is 0. The van der Waals surface area contributed by atoms with Gasteiger partial charge in [-0.05, 0) is 25.5 Å². The molecule has 0 fully saturated rings. The maximum Gasteiger partial charge on any atom is 0.335 e. The van der Waals surface area contributed by atoms with Crippen LogP contribution >= 0.6 is 0 Å². The van der Waals surface area contributed by atoms with E-state index in [2.05, 4.69) is 0 Å². The average molecular weight is 180 g/mol. The molecule has 0 radical (unpaired) electrons. The SMILES string of the molecule is CC.Cc1ccc(C(=O)O)c(C)c1. The molecule has 0 bridgehead atoms. The Kier molecular flexibility index (Phi) is 4.82. The van der Waals surface area contributed by atoms with E-state index in [1.165, 1.54) is 0 Å². The van der Waals surface area contributed by atoms with E-state index in [0.29, 0.717) is 5.56 Å². The van der Waals surface area contributed by atoms with Crippen molar-refractivity contribution in [2.24, 2.45) is 0 Å². The first-order chi connectivity index (χ1) is 6.11. The summed E-state index contributed by atoms with van der Waals surface area (Å²) in [5.74, 6) is -0.859. The summed E-state index contributed by atoms with van der Waals surface area (Å²) in [5, 5.41) is 8.66. The lowest BCUT2D eigenvalue weighted by molar-refractivity contribution is 0.0696. The van der Waals surface area contributed by atoms with Crippen molar-refractivity contribution in [2.75, 3.05) is 0 Å². The summed E-state index contributed by atoms with van der Waals surface area (Å²) in [4.78, 5) is 10.5. The second kappa shape index (κ2) is 5.36. The molecular formula is C11H16O2. The lowest BCUT2D eigenvalue weighted by Gasteiger charge is -2.00. The van der Waals surface area contributed by atoms with Gasteiger partial charge >= 0.3 is 5.97 Å². The van der Waals surface area contributed by atoms with Crippen LogP contribution in [0.3, 0.4) is 0 Å². The van der Waals surface area contributed by atoms with Gasteiger partial charge < -0.3 is 5.11 Å². The van der Waals surface area contributed by atoms with Gasteiger partial charge in [0.25, 0.3) is 0 Å². The Bertz CT molecular complexity index is 290. The maximum absolute atomic E-state index is 10.5. The van der Waals surface area contributed by atoms with Gasteiger partial charge in [0.1, 0.15) is 0 Å². The zero-order valence-corrected chi connectivity index (χ0v) is 8.59. The molecule has 13 heavy (non-hydrogen) atoms. The molecular weight excluding hydrogens is 164 g/mol. The number of aryl methyl sites for hydroxylation is 2. The fourth-order valence-corrected chi connectivity index (χ4v) is 1.05. The standard InChI is InChI=1S/C9H10O2.C2H6/c1-6-3-4-8(9(10)11)7(2)5-6;1-2/h3-5H,1-2H3,(H,10,11);1-2H3. The molecule has 1 rings (SSSR count). The molecule has 2 heteroatoms. The third-order valence-electron chi connectivity index (χ3n) is 1.61. The summed E-state index contributed by atoms with van der Waals surface area (Å²) in [6.07, 6.45) is 0. The third kappa shape index (κ3) is 3.28. The molecule has 0 atom stereocenters. The molecule has 1 N–H and O–H groups in total. The molecule has 0 unspecified atom stereocenters. The molecule has 0 amide bonds. The van der Waals surface area contributed by atoms with Crippen molar-refractivity contribution in [2.45, 2.75) is 27.7 Å². The number of hydrogen-bond acceptors (Lipinski definition) is 1. The van der Waals surface area contributed by atoms with E-state index < -0.39 is 5.97 Å². The number of carboxylic acid groups (broad SMARTS) is 1. The Labute approximate surface area is 79.2 Å². The highest BCUT2D eigenvalue weighted by atomic mass is 16.4. The molecule has 0 saturated heterocycles. The van der Waals surface area contributed by atoms with Gasteiger partial charge in [0.15, 0.2) is 0 Å². The Balaban J connectivity index is 0.000000671. The monoisotopic (exact) mass is 180 g/mol. The molecule has 1 aromatic rings. The van der Waals surface area contributed by atoms with Crippen molar-refractivity contribution < 1.29 is 9.90 Å². The molecule has 0 aliphatic heterocycles. The third-order valence-corrected chi connectivity index (χ3v) is 1.61. The van der Waals surface area contributed by atoms with E-state index in [1.807, 2.05) is 26.8 Å². The predicted octanol–water partition coefficient (Wildman–Crippen LogP) is 3.03. The second-order valence-electron chi connectivity index (χ2n) is 2.62. The molecule has 0 aliphatic carbocycles. The van der Waals surface area contributed by atoms with Crippen LogP contribution in [0.4, 0.5) is 0 Å². The van der Waals surface area contributed by atoms with Crippen LogP contribution < -0.4 is 0 Å². The van der Waals surface area contributed by atoms with Gasteiger partial charge in [-0.25, -0.2) is 4.79 Å². The minimum Gasteiger partial charge on any atom is -0.478 e. The molecule has 0 spiro atoms. The first-order valence-corrected chi connectivity index (χ1v) is 4.42. The molecule has 0 saturated carbocycles. The van der Waals surface area contributed by atoms with E-state index in [1.54, 1.807) is 19.1 Å². The van der Waals surface area contributed by atoms with Gasteiger partial charge in [0.2, 0.25) is 0 Å². The van der Waals surface area contributed by atoms with Crippen LogP contribution in [-0.4, -0.2) is 11.1 Å². The van der Waals surface area contributed by atoms with Crippen LogP contribution in [0.5, 0.6) is 0 Å². The highest BCUT2D eigenvalue weighted by Gasteiger charge is 2.04. The average Bonchev–Trinajstić information content (AvgIpc) is 2.07. The van der Waals surface area contributed by atoms with Crippen molar-refractivity contribution in [3.63, 3.8) is 0 Å². The first-order valence-electron chi connectivity index (χ1n) is 4.42. The number of hydrogen-bond donors (Lipinski definition) is 1. The smallest absolute Gasteiger partial charge is 0.335 e. The molecule has 2 nitrogen and oxygen atoms in total.